The number of aromatic nitrogens is 2. The van der Waals surface area contributed by atoms with E-state index < -0.39 is 17.5 Å². The predicted molar refractivity (Wildman–Crippen MR) is 86.6 cm³/mol. The van der Waals surface area contributed by atoms with E-state index in [1.165, 1.54) is 6.07 Å². The van der Waals surface area contributed by atoms with Gasteiger partial charge in [-0.05, 0) is 36.5 Å². The molecule has 0 bridgehead atoms. The molecule has 1 saturated carbocycles. The fourth-order valence-electron chi connectivity index (χ4n) is 3.26. The van der Waals surface area contributed by atoms with E-state index in [9.17, 15) is 13.6 Å². The molecule has 1 aromatic heterocycles. The first-order valence-corrected chi connectivity index (χ1v) is 7.73. The van der Waals surface area contributed by atoms with Crippen LogP contribution in [0.25, 0.3) is 22.2 Å². The summed E-state index contributed by atoms with van der Waals surface area (Å²) in [7, 11) is 1.76. The van der Waals surface area contributed by atoms with E-state index >= 15 is 0 Å². The summed E-state index contributed by atoms with van der Waals surface area (Å²) >= 11 is 0. The molecule has 2 aromatic carbocycles. The minimum atomic E-state index is -1.11. The molecule has 0 spiro atoms. The number of halogens is 2. The fourth-order valence-corrected chi connectivity index (χ4v) is 3.26. The van der Waals surface area contributed by atoms with Crippen LogP contribution in [0.4, 0.5) is 8.78 Å². The number of carbonyl (C=O) groups is 1. The van der Waals surface area contributed by atoms with E-state index in [1.807, 2.05) is 12.1 Å². The van der Waals surface area contributed by atoms with E-state index in [2.05, 4.69) is 5.10 Å². The standard InChI is InChI=1S/C18H15F2N3O/c1-23-17-10(9-5-6-9)3-2-4-12(17)16(22-23)14-11(18(21)24)7-8-13(19)15(14)20/h2-4,7-9H,5-6H2,1H3,(H2,21,24). The van der Waals surface area contributed by atoms with Gasteiger partial charge in [-0.3, -0.25) is 9.48 Å². The van der Waals surface area contributed by atoms with Gasteiger partial charge in [-0.1, -0.05) is 18.2 Å². The molecular weight excluding hydrogens is 312 g/mol. The first kappa shape index (κ1) is 14.8. The van der Waals surface area contributed by atoms with Gasteiger partial charge in [0.15, 0.2) is 11.6 Å². The van der Waals surface area contributed by atoms with Crippen molar-refractivity contribution in [3.05, 3.63) is 53.1 Å². The molecule has 0 aliphatic heterocycles. The second-order valence-corrected chi connectivity index (χ2v) is 6.14. The summed E-state index contributed by atoms with van der Waals surface area (Å²) in [5, 5.41) is 5.07. The third-order valence-electron chi connectivity index (χ3n) is 4.51. The van der Waals surface area contributed by atoms with E-state index in [0.717, 1.165) is 30.0 Å². The maximum absolute atomic E-state index is 14.5. The quantitative estimate of drug-likeness (QED) is 0.800. The fraction of sp³-hybridized carbons (Fsp3) is 0.222. The lowest BCUT2D eigenvalue weighted by atomic mass is 9.98. The van der Waals surface area contributed by atoms with Crippen molar-refractivity contribution in [1.82, 2.24) is 9.78 Å². The highest BCUT2D eigenvalue weighted by molar-refractivity contribution is 6.04. The van der Waals surface area contributed by atoms with Crippen LogP contribution in [0.2, 0.25) is 0 Å². The van der Waals surface area contributed by atoms with Crippen molar-refractivity contribution in [2.45, 2.75) is 18.8 Å². The molecule has 4 rings (SSSR count). The highest BCUT2D eigenvalue weighted by atomic mass is 19.2. The molecule has 0 atom stereocenters. The number of nitrogens with zero attached hydrogens (tertiary/aromatic N) is 2. The van der Waals surface area contributed by atoms with Gasteiger partial charge in [-0.2, -0.15) is 5.10 Å². The summed E-state index contributed by atoms with van der Waals surface area (Å²) in [6.07, 6.45) is 2.22. The number of nitrogens with two attached hydrogens (primary N) is 1. The van der Waals surface area contributed by atoms with E-state index in [-0.39, 0.29) is 16.8 Å². The number of hydrogen-bond acceptors (Lipinski definition) is 2. The summed E-state index contributed by atoms with van der Waals surface area (Å²) in [5.74, 6) is -2.48. The monoisotopic (exact) mass is 327 g/mol. The SMILES string of the molecule is Cn1nc(-c2c(C(N)=O)ccc(F)c2F)c2cccc(C3CC3)c21. The number of fused-ring (bicyclic) bond motifs is 1. The van der Waals surface area contributed by atoms with Crippen LogP contribution in [0.5, 0.6) is 0 Å². The van der Waals surface area contributed by atoms with Crippen LogP contribution in [-0.2, 0) is 7.05 Å². The largest absolute Gasteiger partial charge is 0.366 e. The Morgan fingerprint density at radius 1 is 1.25 bits per heavy atom. The van der Waals surface area contributed by atoms with Crippen LogP contribution in [0.1, 0.15) is 34.7 Å². The lowest BCUT2D eigenvalue weighted by Gasteiger charge is -2.07. The Labute approximate surface area is 136 Å². The van der Waals surface area contributed by atoms with Gasteiger partial charge in [0.1, 0.15) is 5.69 Å². The van der Waals surface area contributed by atoms with Gasteiger partial charge >= 0.3 is 0 Å². The molecule has 6 heteroatoms. The van der Waals surface area contributed by atoms with Crippen LogP contribution in [-0.4, -0.2) is 15.7 Å². The zero-order valence-electron chi connectivity index (χ0n) is 13.0. The maximum Gasteiger partial charge on any atom is 0.249 e. The highest BCUT2D eigenvalue weighted by Gasteiger charge is 2.29. The Morgan fingerprint density at radius 2 is 2.00 bits per heavy atom. The number of amides is 1. The molecule has 2 N–H and O–H groups in total. The molecule has 1 heterocycles. The zero-order valence-corrected chi connectivity index (χ0v) is 13.0. The van der Waals surface area contributed by atoms with Crippen LogP contribution in [0.3, 0.4) is 0 Å². The summed E-state index contributed by atoms with van der Waals surface area (Å²) in [6.45, 7) is 0. The number of aryl methyl sites for hydroxylation is 1. The van der Waals surface area contributed by atoms with Crippen molar-refractivity contribution in [3.8, 4) is 11.3 Å². The Kier molecular flexibility index (Phi) is 3.16. The van der Waals surface area contributed by atoms with Crippen molar-refractivity contribution in [2.24, 2.45) is 12.8 Å². The molecule has 1 aliphatic rings. The van der Waals surface area contributed by atoms with Crippen molar-refractivity contribution in [1.29, 1.82) is 0 Å². The van der Waals surface area contributed by atoms with Crippen LogP contribution < -0.4 is 5.73 Å². The summed E-state index contributed by atoms with van der Waals surface area (Å²) in [5.41, 5.74) is 7.35. The van der Waals surface area contributed by atoms with Crippen molar-refractivity contribution >= 4 is 16.8 Å². The normalized spacial score (nSPS) is 14.3. The summed E-state index contributed by atoms with van der Waals surface area (Å²) < 4.78 is 29.9. The first-order valence-electron chi connectivity index (χ1n) is 7.73. The zero-order chi connectivity index (χ0) is 17.0. The molecule has 1 amide bonds. The van der Waals surface area contributed by atoms with Gasteiger partial charge in [-0.25, -0.2) is 8.78 Å². The van der Waals surface area contributed by atoms with Crippen molar-refractivity contribution in [3.63, 3.8) is 0 Å². The number of rotatable bonds is 3. The van der Waals surface area contributed by atoms with E-state index in [0.29, 0.717) is 11.3 Å². The third kappa shape index (κ3) is 2.10. The molecule has 3 aromatic rings. The number of para-hydroxylation sites is 1. The molecule has 1 aliphatic carbocycles. The van der Waals surface area contributed by atoms with Gasteiger partial charge in [0.05, 0.1) is 16.6 Å². The number of carbonyl (C=O) groups excluding carboxylic acids is 1. The van der Waals surface area contributed by atoms with Crippen LogP contribution >= 0.6 is 0 Å². The smallest absolute Gasteiger partial charge is 0.249 e. The first-order chi connectivity index (χ1) is 11.5. The highest BCUT2D eigenvalue weighted by Crippen LogP contribution is 2.44. The molecule has 24 heavy (non-hydrogen) atoms. The van der Waals surface area contributed by atoms with Gasteiger partial charge in [0, 0.05) is 12.4 Å². The Hall–Kier alpha value is -2.76. The molecule has 1 fully saturated rings. The summed E-state index contributed by atoms with van der Waals surface area (Å²) in [4.78, 5) is 11.7. The van der Waals surface area contributed by atoms with Crippen LogP contribution in [0.15, 0.2) is 30.3 Å². The molecule has 0 radical (unpaired) electrons. The van der Waals surface area contributed by atoms with Crippen molar-refractivity contribution in [2.75, 3.05) is 0 Å². The topological polar surface area (TPSA) is 60.9 Å². The third-order valence-corrected chi connectivity index (χ3v) is 4.51. The Bertz CT molecular complexity index is 990. The van der Waals surface area contributed by atoms with Gasteiger partial charge in [0.2, 0.25) is 5.91 Å². The van der Waals surface area contributed by atoms with Crippen LogP contribution in [0, 0.1) is 11.6 Å². The average Bonchev–Trinajstić information content (AvgIpc) is 3.34. The second kappa shape index (κ2) is 5.12. The van der Waals surface area contributed by atoms with Gasteiger partial charge in [0.25, 0.3) is 0 Å². The van der Waals surface area contributed by atoms with Gasteiger partial charge in [-0.15, -0.1) is 0 Å². The van der Waals surface area contributed by atoms with E-state index in [1.54, 1.807) is 17.8 Å². The van der Waals surface area contributed by atoms with Gasteiger partial charge < -0.3 is 5.73 Å². The average molecular weight is 327 g/mol. The minimum Gasteiger partial charge on any atom is -0.366 e. The lowest BCUT2D eigenvalue weighted by Crippen LogP contribution is -2.14. The summed E-state index contributed by atoms with van der Waals surface area (Å²) in [6, 6.07) is 7.81. The van der Waals surface area contributed by atoms with E-state index in [4.69, 9.17) is 5.73 Å². The lowest BCUT2D eigenvalue weighted by molar-refractivity contribution is 0.100. The number of primary amides is 1. The number of hydrogen-bond donors (Lipinski definition) is 1. The number of benzene rings is 2. The molecule has 0 unspecified atom stereocenters. The molecular formula is C18H15F2N3O. The second-order valence-electron chi connectivity index (χ2n) is 6.14. The minimum absolute atomic E-state index is 0.0780. The Balaban J connectivity index is 2.07. The van der Waals surface area contributed by atoms with Crippen molar-refractivity contribution < 1.29 is 13.6 Å². The predicted octanol–water partition coefficient (Wildman–Crippen LogP) is 3.49. The maximum atomic E-state index is 14.5. The Morgan fingerprint density at radius 3 is 2.67 bits per heavy atom. The molecule has 122 valence electrons. The molecule has 4 nitrogen and oxygen atoms in total. The molecule has 0 saturated heterocycles.